The smallest absolute Gasteiger partial charge is 0.138 e. The minimum absolute atomic E-state index is 0.374. The number of nitrogen functional groups attached to an aromatic ring is 1. The van der Waals surface area contributed by atoms with Gasteiger partial charge in [0.25, 0.3) is 0 Å². The summed E-state index contributed by atoms with van der Waals surface area (Å²) in [7, 11) is 0. The van der Waals surface area contributed by atoms with Crippen LogP contribution in [-0.4, -0.2) is 14.7 Å². The fraction of sp³-hybridized carbons (Fsp3) is 0.562. The molecule has 2 aromatic rings. The third-order valence-corrected chi connectivity index (χ3v) is 4.77. The van der Waals surface area contributed by atoms with Crippen LogP contribution in [0.5, 0.6) is 0 Å². The molecule has 0 aliphatic heterocycles. The lowest BCUT2D eigenvalue weighted by molar-refractivity contribution is 0.179. The third kappa shape index (κ3) is 2.08. The van der Waals surface area contributed by atoms with Gasteiger partial charge in [0.15, 0.2) is 0 Å². The lowest BCUT2D eigenvalue weighted by atomic mass is 9.92. The molecule has 20 heavy (non-hydrogen) atoms. The topological polar surface area (TPSA) is 64.1 Å². The number of nitrogens with two attached hydrogens (primary N) is 1. The van der Waals surface area contributed by atoms with Gasteiger partial charge in [0.1, 0.15) is 11.9 Å². The number of hydrogen-bond acceptors (Lipinski definition) is 3. The SMILES string of the molecule is CC(O)c1nc2cc(N)ccc2n1CC1(C(C)C)CC1. The van der Waals surface area contributed by atoms with Crippen LogP contribution in [0.4, 0.5) is 5.69 Å². The van der Waals surface area contributed by atoms with Gasteiger partial charge in [-0.15, -0.1) is 0 Å². The lowest BCUT2D eigenvalue weighted by Crippen LogP contribution is -2.20. The maximum Gasteiger partial charge on any atom is 0.138 e. The van der Waals surface area contributed by atoms with Gasteiger partial charge >= 0.3 is 0 Å². The molecule has 1 aromatic heterocycles. The fourth-order valence-corrected chi connectivity index (χ4v) is 3.04. The van der Waals surface area contributed by atoms with Crippen molar-refractivity contribution in [2.75, 3.05) is 5.73 Å². The summed E-state index contributed by atoms with van der Waals surface area (Å²) in [4.78, 5) is 4.58. The standard InChI is InChI=1S/C16H23N3O/c1-10(2)16(6-7-16)9-19-14-5-4-12(17)8-13(14)18-15(19)11(3)20/h4-5,8,10-11,20H,6-7,9,17H2,1-3H3. The van der Waals surface area contributed by atoms with E-state index in [4.69, 9.17) is 5.73 Å². The van der Waals surface area contributed by atoms with Crippen molar-refractivity contribution in [1.29, 1.82) is 0 Å². The molecule has 1 fully saturated rings. The molecule has 3 rings (SSSR count). The molecule has 1 aliphatic rings. The summed E-state index contributed by atoms with van der Waals surface area (Å²) in [6.07, 6.45) is 1.96. The number of nitrogens with zero attached hydrogens (tertiary/aromatic N) is 2. The number of aliphatic hydroxyl groups is 1. The van der Waals surface area contributed by atoms with Crippen LogP contribution >= 0.6 is 0 Å². The number of imidazole rings is 1. The van der Waals surface area contributed by atoms with Crippen LogP contribution in [0.1, 0.15) is 45.5 Å². The van der Waals surface area contributed by atoms with Crippen LogP contribution < -0.4 is 5.73 Å². The number of rotatable bonds is 4. The summed E-state index contributed by atoms with van der Waals surface area (Å²) in [6, 6.07) is 5.80. The molecule has 1 aromatic carbocycles. The zero-order chi connectivity index (χ0) is 14.5. The van der Waals surface area contributed by atoms with Crippen LogP contribution in [0.15, 0.2) is 18.2 Å². The average molecular weight is 273 g/mol. The Morgan fingerprint density at radius 3 is 2.60 bits per heavy atom. The molecule has 0 amide bonds. The van der Waals surface area contributed by atoms with Crippen molar-refractivity contribution >= 4 is 16.7 Å². The molecule has 4 heteroatoms. The van der Waals surface area contributed by atoms with E-state index in [-0.39, 0.29) is 0 Å². The highest BCUT2D eigenvalue weighted by atomic mass is 16.3. The molecule has 4 nitrogen and oxygen atoms in total. The summed E-state index contributed by atoms with van der Waals surface area (Å²) in [5.74, 6) is 1.40. The summed E-state index contributed by atoms with van der Waals surface area (Å²) < 4.78 is 2.19. The number of fused-ring (bicyclic) bond motifs is 1. The van der Waals surface area contributed by atoms with Crippen LogP contribution in [0, 0.1) is 11.3 Å². The normalized spacial score (nSPS) is 18.6. The van der Waals surface area contributed by atoms with E-state index in [2.05, 4.69) is 23.4 Å². The van der Waals surface area contributed by atoms with Gasteiger partial charge in [0.05, 0.1) is 11.0 Å². The van der Waals surface area contributed by atoms with Gasteiger partial charge in [0, 0.05) is 12.2 Å². The van der Waals surface area contributed by atoms with E-state index in [1.807, 2.05) is 18.2 Å². The van der Waals surface area contributed by atoms with Crippen molar-refractivity contribution in [3.05, 3.63) is 24.0 Å². The Hall–Kier alpha value is -1.55. The molecule has 1 unspecified atom stereocenters. The molecule has 1 saturated carbocycles. The summed E-state index contributed by atoms with van der Waals surface area (Å²) in [5, 5.41) is 10.0. The molecular formula is C16H23N3O. The first-order valence-electron chi connectivity index (χ1n) is 7.37. The van der Waals surface area contributed by atoms with E-state index in [9.17, 15) is 5.11 Å². The van der Waals surface area contributed by atoms with Crippen molar-refractivity contribution in [2.45, 2.75) is 46.3 Å². The first-order chi connectivity index (χ1) is 9.43. The van der Waals surface area contributed by atoms with Gasteiger partial charge in [-0.1, -0.05) is 13.8 Å². The molecular weight excluding hydrogens is 250 g/mol. The van der Waals surface area contributed by atoms with Crippen LogP contribution in [0.3, 0.4) is 0 Å². The second-order valence-electron chi connectivity index (χ2n) is 6.50. The first kappa shape index (κ1) is 13.4. The molecule has 108 valence electrons. The van der Waals surface area contributed by atoms with E-state index in [0.29, 0.717) is 17.0 Å². The fourth-order valence-electron chi connectivity index (χ4n) is 3.04. The number of benzene rings is 1. The highest BCUT2D eigenvalue weighted by Crippen LogP contribution is 2.53. The highest BCUT2D eigenvalue weighted by molar-refractivity contribution is 5.79. The minimum Gasteiger partial charge on any atom is -0.399 e. The Kier molecular flexibility index (Phi) is 3.01. The molecule has 1 heterocycles. The third-order valence-electron chi connectivity index (χ3n) is 4.77. The van der Waals surface area contributed by atoms with Gasteiger partial charge in [-0.3, -0.25) is 0 Å². The van der Waals surface area contributed by atoms with Crippen molar-refractivity contribution < 1.29 is 5.11 Å². The highest BCUT2D eigenvalue weighted by Gasteiger charge is 2.46. The van der Waals surface area contributed by atoms with Gasteiger partial charge in [-0.25, -0.2) is 4.98 Å². The van der Waals surface area contributed by atoms with Crippen LogP contribution in [-0.2, 0) is 6.54 Å². The van der Waals surface area contributed by atoms with Gasteiger partial charge in [-0.2, -0.15) is 0 Å². The van der Waals surface area contributed by atoms with Gasteiger partial charge in [-0.05, 0) is 49.3 Å². The van der Waals surface area contributed by atoms with Crippen molar-refractivity contribution in [1.82, 2.24) is 9.55 Å². The second kappa shape index (κ2) is 4.48. The van der Waals surface area contributed by atoms with Gasteiger partial charge < -0.3 is 15.4 Å². The number of hydrogen-bond donors (Lipinski definition) is 2. The van der Waals surface area contributed by atoms with E-state index in [1.54, 1.807) is 6.92 Å². The van der Waals surface area contributed by atoms with Crippen molar-refractivity contribution in [3.63, 3.8) is 0 Å². The Bertz CT molecular complexity index is 638. The molecule has 1 aliphatic carbocycles. The van der Waals surface area contributed by atoms with E-state index in [0.717, 1.165) is 23.4 Å². The van der Waals surface area contributed by atoms with Crippen LogP contribution in [0.2, 0.25) is 0 Å². The lowest BCUT2D eigenvalue weighted by Gasteiger charge is -2.22. The number of anilines is 1. The summed E-state index contributed by atoms with van der Waals surface area (Å²) in [6.45, 7) is 7.28. The summed E-state index contributed by atoms with van der Waals surface area (Å²) >= 11 is 0. The second-order valence-corrected chi connectivity index (χ2v) is 6.50. The predicted molar refractivity (Wildman–Crippen MR) is 81.3 cm³/mol. The molecule has 0 radical (unpaired) electrons. The molecule has 0 spiro atoms. The average Bonchev–Trinajstić information content (AvgIpc) is 3.07. The monoisotopic (exact) mass is 273 g/mol. The minimum atomic E-state index is -0.563. The quantitative estimate of drug-likeness (QED) is 0.841. The van der Waals surface area contributed by atoms with E-state index < -0.39 is 6.10 Å². The predicted octanol–water partition coefficient (Wildman–Crippen LogP) is 3.11. The molecule has 3 N–H and O–H groups in total. The summed E-state index contributed by atoms with van der Waals surface area (Å²) in [5.41, 5.74) is 8.87. The first-order valence-corrected chi connectivity index (χ1v) is 7.37. The maximum atomic E-state index is 10.0. The molecule has 1 atom stereocenters. The number of aromatic nitrogens is 2. The van der Waals surface area contributed by atoms with E-state index >= 15 is 0 Å². The maximum absolute atomic E-state index is 10.0. The van der Waals surface area contributed by atoms with E-state index in [1.165, 1.54) is 12.8 Å². The molecule has 0 bridgehead atoms. The van der Waals surface area contributed by atoms with Crippen LogP contribution in [0.25, 0.3) is 11.0 Å². The Balaban J connectivity index is 2.10. The molecule has 0 saturated heterocycles. The Morgan fingerprint density at radius 2 is 2.05 bits per heavy atom. The Morgan fingerprint density at radius 1 is 1.35 bits per heavy atom. The van der Waals surface area contributed by atoms with Crippen molar-refractivity contribution in [3.8, 4) is 0 Å². The van der Waals surface area contributed by atoms with Crippen molar-refractivity contribution in [2.24, 2.45) is 11.3 Å². The number of aliphatic hydroxyl groups excluding tert-OH is 1. The largest absolute Gasteiger partial charge is 0.399 e. The Labute approximate surface area is 119 Å². The zero-order valence-corrected chi connectivity index (χ0v) is 12.4. The van der Waals surface area contributed by atoms with Gasteiger partial charge in [0.2, 0.25) is 0 Å². The zero-order valence-electron chi connectivity index (χ0n) is 12.4.